The smallest absolute Gasteiger partial charge is 0.239 e. The van der Waals surface area contributed by atoms with E-state index in [9.17, 15) is 14.3 Å². The van der Waals surface area contributed by atoms with E-state index >= 15 is 0 Å². The number of hydrogen-bond acceptors (Lipinski definition) is 6. The zero-order chi connectivity index (χ0) is 16.2. The van der Waals surface area contributed by atoms with Crippen LogP contribution < -0.4 is 0 Å². The van der Waals surface area contributed by atoms with Gasteiger partial charge in [0.15, 0.2) is 11.5 Å². The third-order valence-corrected chi connectivity index (χ3v) is 4.03. The highest BCUT2D eigenvalue weighted by atomic mass is 32.1. The molecular weight excluding hydrogens is 319 g/mol. The molecule has 0 bridgehead atoms. The van der Waals surface area contributed by atoms with Crippen molar-refractivity contribution in [3.05, 3.63) is 69.4 Å². The Morgan fingerprint density at radius 1 is 1.39 bits per heavy atom. The van der Waals surface area contributed by atoms with E-state index in [-0.39, 0.29) is 23.2 Å². The second-order valence-corrected chi connectivity index (χ2v) is 5.69. The van der Waals surface area contributed by atoms with Crippen LogP contribution in [0.15, 0.2) is 41.8 Å². The average Bonchev–Trinajstić information content (AvgIpc) is 3.18. The minimum absolute atomic E-state index is 0.0553. The summed E-state index contributed by atoms with van der Waals surface area (Å²) >= 11 is 1.40. The Kier molecular flexibility index (Phi) is 4.24. The van der Waals surface area contributed by atoms with Gasteiger partial charge in [-0.2, -0.15) is 5.21 Å². The third kappa shape index (κ3) is 3.49. The number of aromatic amines is 1. The van der Waals surface area contributed by atoms with Crippen LogP contribution in [0.5, 0.6) is 0 Å². The van der Waals surface area contributed by atoms with Crippen molar-refractivity contribution in [1.29, 1.82) is 0 Å². The van der Waals surface area contributed by atoms with Crippen LogP contribution >= 0.6 is 11.3 Å². The first kappa shape index (κ1) is 15.0. The Bertz CT molecular complexity index is 858. The number of allylic oxidation sites excluding steroid dienone is 1. The molecule has 3 aromatic rings. The summed E-state index contributed by atoms with van der Waals surface area (Å²) in [6.45, 7) is 0. The van der Waals surface area contributed by atoms with Crippen molar-refractivity contribution in [2.75, 3.05) is 0 Å². The Morgan fingerprint density at radius 2 is 2.26 bits per heavy atom. The number of nitrogens with one attached hydrogen (secondary N) is 1. The van der Waals surface area contributed by atoms with Crippen LogP contribution in [0.4, 0.5) is 4.39 Å². The van der Waals surface area contributed by atoms with E-state index in [2.05, 4.69) is 20.6 Å². The Labute approximate surface area is 134 Å². The van der Waals surface area contributed by atoms with E-state index in [1.54, 1.807) is 23.6 Å². The van der Waals surface area contributed by atoms with Gasteiger partial charge >= 0.3 is 0 Å². The summed E-state index contributed by atoms with van der Waals surface area (Å²) < 4.78 is 13.3. The van der Waals surface area contributed by atoms with E-state index in [1.165, 1.54) is 23.5 Å². The predicted molar refractivity (Wildman–Crippen MR) is 82.6 cm³/mol. The van der Waals surface area contributed by atoms with E-state index < -0.39 is 0 Å². The number of hydrogen-bond donors (Lipinski definition) is 2. The lowest BCUT2D eigenvalue weighted by molar-refractivity contribution is 0.104. The second-order valence-electron chi connectivity index (χ2n) is 4.69. The maximum absolute atomic E-state index is 13.3. The predicted octanol–water partition coefficient (Wildman–Crippen LogP) is 2.77. The van der Waals surface area contributed by atoms with Crippen LogP contribution in [0.1, 0.15) is 26.6 Å². The molecule has 0 unspecified atom stereocenters. The topological polar surface area (TPSA) is 91.8 Å². The normalized spacial score (nSPS) is 11.6. The molecule has 0 spiro atoms. The first-order valence-electron chi connectivity index (χ1n) is 6.63. The van der Waals surface area contributed by atoms with Crippen LogP contribution in [-0.2, 0) is 6.42 Å². The monoisotopic (exact) mass is 330 g/mol. The second kappa shape index (κ2) is 6.49. The summed E-state index contributed by atoms with van der Waals surface area (Å²) in [6.07, 6.45) is 1.48. The standard InChI is InChI=1S/C15H11FN4O2S/c16-10-3-1-2-9(6-10)7-14-11(4-5-23-14)12(21)8-13(22)15-17-19-20-18-15/h1-6,8,22H,7H2,(H,17,18,19,20). The van der Waals surface area contributed by atoms with Crippen molar-refractivity contribution in [2.45, 2.75) is 6.42 Å². The summed E-state index contributed by atoms with van der Waals surface area (Å²) in [5, 5.41) is 24.3. The number of rotatable bonds is 5. The van der Waals surface area contributed by atoms with Gasteiger partial charge in [-0.25, -0.2) is 4.39 Å². The fraction of sp³-hybridized carbons (Fsp3) is 0.0667. The zero-order valence-electron chi connectivity index (χ0n) is 11.7. The Balaban J connectivity index is 1.83. The number of halogens is 1. The Hall–Kier alpha value is -2.87. The van der Waals surface area contributed by atoms with Crippen LogP contribution in [0.2, 0.25) is 0 Å². The molecule has 0 saturated heterocycles. The number of benzene rings is 1. The molecular formula is C15H11FN4O2S. The lowest BCUT2D eigenvalue weighted by Crippen LogP contribution is -2.00. The van der Waals surface area contributed by atoms with Crippen LogP contribution in [-0.4, -0.2) is 31.5 Å². The maximum atomic E-state index is 13.3. The lowest BCUT2D eigenvalue weighted by atomic mass is 10.1. The highest BCUT2D eigenvalue weighted by molar-refractivity contribution is 7.10. The quantitative estimate of drug-likeness (QED) is 0.426. The number of ketones is 1. The van der Waals surface area contributed by atoms with Crippen molar-refractivity contribution in [3.63, 3.8) is 0 Å². The van der Waals surface area contributed by atoms with Gasteiger partial charge in [-0.3, -0.25) is 4.79 Å². The lowest BCUT2D eigenvalue weighted by Gasteiger charge is -2.02. The zero-order valence-corrected chi connectivity index (χ0v) is 12.5. The van der Waals surface area contributed by atoms with E-state index in [0.29, 0.717) is 12.0 Å². The van der Waals surface area contributed by atoms with Gasteiger partial charge in [0.25, 0.3) is 0 Å². The van der Waals surface area contributed by atoms with Gasteiger partial charge in [0.1, 0.15) is 5.82 Å². The van der Waals surface area contributed by atoms with Crippen LogP contribution in [0.3, 0.4) is 0 Å². The molecule has 0 aliphatic heterocycles. The third-order valence-electron chi connectivity index (χ3n) is 3.11. The summed E-state index contributed by atoms with van der Waals surface area (Å²) in [5.74, 6) is -1.12. The molecule has 0 aliphatic carbocycles. The molecule has 116 valence electrons. The fourth-order valence-electron chi connectivity index (χ4n) is 2.07. The molecule has 1 aromatic carbocycles. The average molecular weight is 330 g/mol. The molecule has 0 atom stereocenters. The molecule has 3 rings (SSSR count). The van der Waals surface area contributed by atoms with Gasteiger partial charge in [-0.1, -0.05) is 12.1 Å². The van der Waals surface area contributed by atoms with Crippen LogP contribution in [0, 0.1) is 5.82 Å². The summed E-state index contributed by atoms with van der Waals surface area (Å²) in [5.41, 5.74) is 1.22. The minimum atomic E-state index is -0.375. The van der Waals surface area contributed by atoms with Gasteiger partial charge in [0, 0.05) is 22.9 Å². The van der Waals surface area contributed by atoms with E-state index in [1.807, 2.05) is 0 Å². The van der Waals surface area contributed by atoms with Crippen molar-refractivity contribution < 1.29 is 14.3 Å². The molecule has 0 radical (unpaired) electrons. The summed E-state index contributed by atoms with van der Waals surface area (Å²) in [7, 11) is 0. The summed E-state index contributed by atoms with van der Waals surface area (Å²) in [4.78, 5) is 13.1. The fourth-order valence-corrected chi connectivity index (χ4v) is 2.98. The van der Waals surface area contributed by atoms with Crippen molar-refractivity contribution >= 4 is 22.9 Å². The molecule has 0 fully saturated rings. The molecule has 8 heteroatoms. The number of aliphatic hydroxyl groups is 1. The van der Waals surface area contributed by atoms with Gasteiger partial charge in [-0.15, -0.1) is 21.5 Å². The van der Waals surface area contributed by atoms with Gasteiger partial charge in [-0.05, 0) is 34.4 Å². The van der Waals surface area contributed by atoms with Crippen molar-refractivity contribution in [2.24, 2.45) is 0 Å². The SMILES string of the molecule is O=C(C=C(O)c1nn[nH]n1)c1ccsc1Cc1cccc(F)c1. The number of H-pyrrole nitrogens is 1. The molecule has 6 nitrogen and oxygen atoms in total. The number of nitrogens with zero attached hydrogens (tertiary/aromatic N) is 3. The highest BCUT2D eigenvalue weighted by Crippen LogP contribution is 2.22. The number of carbonyl (C=O) groups excluding carboxylic acids is 1. The number of thiophene rings is 1. The maximum Gasteiger partial charge on any atom is 0.239 e. The molecule has 2 aromatic heterocycles. The number of aromatic nitrogens is 4. The Morgan fingerprint density at radius 3 is 3.00 bits per heavy atom. The van der Waals surface area contributed by atoms with Gasteiger partial charge in [0.2, 0.25) is 5.82 Å². The molecule has 2 N–H and O–H groups in total. The first-order valence-corrected chi connectivity index (χ1v) is 7.51. The molecule has 0 amide bonds. The number of tetrazole rings is 1. The minimum Gasteiger partial charge on any atom is -0.504 e. The van der Waals surface area contributed by atoms with Crippen molar-refractivity contribution in [1.82, 2.24) is 20.6 Å². The highest BCUT2D eigenvalue weighted by Gasteiger charge is 2.14. The first-order chi connectivity index (χ1) is 11.1. The molecule has 23 heavy (non-hydrogen) atoms. The molecule has 0 aliphatic rings. The number of aliphatic hydroxyl groups excluding tert-OH is 1. The van der Waals surface area contributed by atoms with Gasteiger partial charge < -0.3 is 5.11 Å². The van der Waals surface area contributed by atoms with Gasteiger partial charge in [0.05, 0.1) is 0 Å². The summed E-state index contributed by atoms with van der Waals surface area (Å²) in [6, 6.07) is 7.89. The number of carbonyl (C=O) groups is 1. The van der Waals surface area contributed by atoms with Crippen molar-refractivity contribution in [3.8, 4) is 0 Å². The molecule has 2 heterocycles. The van der Waals surface area contributed by atoms with Crippen LogP contribution in [0.25, 0.3) is 5.76 Å². The molecule has 0 saturated carbocycles. The largest absolute Gasteiger partial charge is 0.504 e. The van der Waals surface area contributed by atoms with E-state index in [4.69, 9.17) is 0 Å². The van der Waals surface area contributed by atoms with E-state index in [0.717, 1.165) is 16.5 Å².